The lowest BCUT2D eigenvalue weighted by Gasteiger charge is -2.28. The molecule has 1 aromatic carbocycles. The van der Waals surface area contributed by atoms with E-state index in [2.05, 4.69) is 21.3 Å². The van der Waals surface area contributed by atoms with Crippen LogP contribution in [-0.4, -0.2) is 65.1 Å². The van der Waals surface area contributed by atoms with E-state index in [4.69, 9.17) is 4.42 Å². The number of hydrogen-bond donors (Lipinski definition) is 4. The lowest BCUT2D eigenvalue weighted by Crippen LogP contribution is -2.56. The van der Waals surface area contributed by atoms with E-state index in [-0.39, 0.29) is 5.91 Å². The SMILES string of the molecule is CC(=O)N[C@H](C)C(=O)N[C@H](C)C(=O)N1CCC[C@@H]1C(=O)N[C@H](C)C(=O)Nc1ccc2c(C)cc(=O)oc2c1. The zero-order valence-corrected chi connectivity index (χ0v) is 22.0. The van der Waals surface area contributed by atoms with Gasteiger partial charge < -0.3 is 30.6 Å². The van der Waals surface area contributed by atoms with Crippen LogP contribution in [0.25, 0.3) is 11.0 Å². The predicted molar refractivity (Wildman–Crippen MR) is 139 cm³/mol. The fourth-order valence-corrected chi connectivity index (χ4v) is 4.35. The number of carbonyl (C=O) groups excluding carboxylic acids is 5. The first-order valence-electron chi connectivity index (χ1n) is 12.4. The third-order valence-electron chi connectivity index (χ3n) is 6.35. The molecule has 12 nitrogen and oxygen atoms in total. The summed E-state index contributed by atoms with van der Waals surface area (Å²) in [6.45, 7) is 7.94. The van der Waals surface area contributed by atoms with Gasteiger partial charge in [0.2, 0.25) is 29.5 Å². The van der Waals surface area contributed by atoms with Gasteiger partial charge in [0.1, 0.15) is 29.8 Å². The fourth-order valence-electron chi connectivity index (χ4n) is 4.35. The highest BCUT2D eigenvalue weighted by atomic mass is 16.4. The van der Waals surface area contributed by atoms with Crippen LogP contribution in [0.2, 0.25) is 0 Å². The number of fused-ring (bicyclic) bond motifs is 1. The van der Waals surface area contributed by atoms with Gasteiger partial charge >= 0.3 is 5.63 Å². The summed E-state index contributed by atoms with van der Waals surface area (Å²) < 4.78 is 5.21. The van der Waals surface area contributed by atoms with E-state index in [0.29, 0.717) is 30.7 Å². The van der Waals surface area contributed by atoms with Crippen LogP contribution in [0.1, 0.15) is 46.1 Å². The predicted octanol–water partition coefficient (Wildman–Crippen LogP) is 0.565. The lowest BCUT2D eigenvalue weighted by atomic mass is 10.1. The average molecular weight is 528 g/mol. The van der Waals surface area contributed by atoms with Crippen molar-refractivity contribution in [1.82, 2.24) is 20.9 Å². The van der Waals surface area contributed by atoms with Crippen LogP contribution in [0.3, 0.4) is 0 Å². The Hall–Kier alpha value is -4.22. The number of likely N-dealkylation sites (tertiary alicyclic amines) is 1. The number of anilines is 1. The molecule has 38 heavy (non-hydrogen) atoms. The minimum absolute atomic E-state index is 0.331. The Kier molecular flexibility index (Phi) is 8.87. The van der Waals surface area contributed by atoms with Gasteiger partial charge in [-0.3, -0.25) is 24.0 Å². The van der Waals surface area contributed by atoms with Crippen molar-refractivity contribution in [3.05, 3.63) is 40.2 Å². The number of benzene rings is 1. The third kappa shape index (κ3) is 6.75. The van der Waals surface area contributed by atoms with E-state index >= 15 is 0 Å². The van der Waals surface area contributed by atoms with Gasteiger partial charge in [-0.25, -0.2) is 4.79 Å². The molecular formula is C26H33N5O7. The Bertz CT molecular complexity index is 1320. The summed E-state index contributed by atoms with van der Waals surface area (Å²) in [5.41, 5.74) is 0.984. The zero-order valence-electron chi connectivity index (χ0n) is 22.0. The molecule has 1 saturated heterocycles. The van der Waals surface area contributed by atoms with Gasteiger partial charge in [0.25, 0.3) is 0 Å². The average Bonchev–Trinajstić information content (AvgIpc) is 3.32. The summed E-state index contributed by atoms with van der Waals surface area (Å²) >= 11 is 0. The van der Waals surface area contributed by atoms with Gasteiger partial charge in [0.15, 0.2) is 0 Å². The quantitative estimate of drug-likeness (QED) is 0.364. The first-order chi connectivity index (χ1) is 17.9. The molecule has 2 heterocycles. The van der Waals surface area contributed by atoms with Crippen LogP contribution in [0, 0.1) is 6.92 Å². The second kappa shape index (κ2) is 11.9. The molecule has 0 unspecified atom stereocenters. The summed E-state index contributed by atoms with van der Waals surface area (Å²) in [6.07, 6.45) is 1.01. The highest BCUT2D eigenvalue weighted by Gasteiger charge is 2.37. The number of hydrogen-bond acceptors (Lipinski definition) is 7. The summed E-state index contributed by atoms with van der Waals surface area (Å²) in [6, 6.07) is 2.88. The number of nitrogens with one attached hydrogen (secondary N) is 4. The normalized spacial score (nSPS) is 17.3. The largest absolute Gasteiger partial charge is 0.423 e. The Labute approximate surface area is 219 Å². The number of aryl methyl sites for hydroxylation is 1. The van der Waals surface area contributed by atoms with Crippen molar-refractivity contribution >= 4 is 46.2 Å². The molecule has 1 aliphatic heterocycles. The van der Waals surface area contributed by atoms with Gasteiger partial charge in [0, 0.05) is 36.7 Å². The number of amides is 5. The van der Waals surface area contributed by atoms with Crippen LogP contribution in [0.5, 0.6) is 0 Å². The third-order valence-corrected chi connectivity index (χ3v) is 6.35. The molecule has 0 aliphatic carbocycles. The van der Waals surface area contributed by atoms with Gasteiger partial charge in [-0.1, -0.05) is 0 Å². The summed E-state index contributed by atoms with van der Waals surface area (Å²) in [5.74, 6) is -2.30. The van der Waals surface area contributed by atoms with Crippen LogP contribution < -0.4 is 26.9 Å². The van der Waals surface area contributed by atoms with Crippen LogP contribution in [0.4, 0.5) is 5.69 Å². The summed E-state index contributed by atoms with van der Waals surface area (Å²) in [5, 5.41) is 11.1. The Balaban J connectivity index is 1.59. The summed E-state index contributed by atoms with van der Waals surface area (Å²) in [7, 11) is 0. The highest BCUT2D eigenvalue weighted by molar-refractivity contribution is 6.00. The molecule has 204 valence electrons. The molecule has 3 rings (SSSR count). The van der Waals surface area contributed by atoms with Crippen LogP contribution >= 0.6 is 0 Å². The molecule has 0 bridgehead atoms. The lowest BCUT2D eigenvalue weighted by molar-refractivity contribution is -0.141. The van der Waals surface area contributed by atoms with Crippen molar-refractivity contribution in [2.24, 2.45) is 0 Å². The molecule has 0 spiro atoms. The van der Waals surface area contributed by atoms with E-state index in [1.165, 1.54) is 44.7 Å². The van der Waals surface area contributed by atoms with E-state index in [1.807, 2.05) is 0 Å². The molecule has 2 aromatic rings. The maximum absolute atomic E-state index is 13.0. The van der Waals surface area contributed by atoms with Gasteiger partial charge in [-0.15, -0.1) is 0 Å². The van der Waals surface area contributed by atoms with Crippen LogP contribution in [-0.2, 0) is 24.0 Å². The van der Waals surface area contributed by atoms with Gasteiger partial charge in [0.05, 0.1) is 0 Å². The minimum atomic E-state index is -0.920. The van der Waals surface area contributed by atoms with Crippen molar-refractivity contribution in [1.29, 1.82) is 0 Å². The van der Waals surface area contributed by atoms with Crippen molar-refractivity contribution < 1.29 is 28.4 Å². The van der Waals surface area contributed by atoms with E-state index in [1.54, 1.807) is 19.1 Å². The Morgan fingerprint density at radius 1 is 0.947 bits per heavy atom. The molecule has 12 heteroatoms. The molecule has 1 aromatic heterocycles. The van der Waals surface area contributed by atoms with E-state index < -0.39 is 53.4 Å². The molecule has 5 amide bonds. The van der Waals surface area contributed by atoms with E-state index in [0.717, 1.165) is 10.9 Å². The van der Waals surface area contributed by atoms with Crippen LogP contribution in [0.15, 0.2) is 33.5 Å². The zero-order chi connectivity index (χ0) is 28.1. The maximum atomic E-state index is 13.0. The fraction of sp³-hybridized carbons (Fsp3) is 0.462. The van der Waals surface area contributed by atoms with Crippen molar-refractivity contribution in [2.75, 3.05) is 11.9 Å². The number of rotatable bonds is 8. The molecule has 0 radical (unpaired) electrons. The number of carbonyl (C=O) groups is 5. The second-order valence-corrected chi connectivity index (χ2v) is 9.52. The summed E-state index contributed by atoms with van der Waals surface area (Å²) in [4.78, 5) is 75.2. The molecule has 4 N–H and O–H groups in total. The smallest absolute Gasteiger partial charge is 0.336 e. The molecule has 0 saturated carbocycles. The first-order valence-corrected chi connectivity index (χ1v) is 12.4. The van der Waals surface area contributed by atoms with E-state index in [9.17, 15) is 28.8 Å². The van der Waals surface area contributed by atoms with Gasteiger partial charge in [-0.05, 0) is 58.2 Å². The Morgan fingerprint density at radius 3 is 2.32 bits per heavy atom. The number of nitrogens with zero attached hydrogens (tertiary/aromatic N) is 1. The molecule has 1 aliphatic rings. The first kappa shape index (κ1) is 28.4. The minimum Gasteiger partial charge on any atom is -0.423 e. The topological polar surface area (TPSA) is 167 Å². The standard InChI is InChI=1S/C26H33N5O7/c1-13-11-22(33)38-21-12-18(8-9-19(13)21)30-24(35)15(3)28-25(36)20-7-6-10-31(20)26(37)16(4)29-23(34)14(2)27-17(5)32/h8-9,11-12,14-16,20H,6-7,10H2,1-5H3,(H,27,32)(H,28,36)(H,29,34)(H,30,35)/t14-,15-,16-,20-/m1/s1. The molecule has 1 fully saturated rings. The molecular weight excluding hydrogens is 494 g/mol. The molecule has 4 atom stereocenters. The Morgan fingerprint density at radius 2 is 1.63 bits per heavy atom. The second-order valence-electron chi connectivity index (χ2n) is 9.52. The van der Waals surface area contributed by atoms with Crippen molar-refractivity contribution in [3.63, 3.8) is 0 Å². The highest BCUT2D eigenvalue weighted by Crippen LogP contribution is 2.21. The van der Waals surface area contributed by atoms with Crippen molar-refractivity contribution in [2.45, 2.75) is 71.6 Å². The van der Waals surface area contributed by atoms with Crippen molar-refractivity contribution in [3.8, 4) is 0 Å². The monoisotopic (exact) mass is 527 g/mol. The maximum Gasteiger partial charge on any atom is 0.336 e. The van der Waals surface area contributed by atoms with Gasteiger partial charge in [-0.2, -0.15) is 0 Å².